The molecule has 0 aliphatic rings. The maximum absolute atomic E-state index is 14.4. The Morgan fingerprint density at radius 1 is 1.09 bits per heavy atom. The summed E-state index contributed by atoms with van der Waals surface area (Å²) in [5, 5.41) is 9.61. The van der Waals surface area contributed by atoms with E-state index in [9.17, 15) is 9.50 Å². The highest BCUT2D eigenvalue weighted by Gasteiger charge is 2.47. The monoisotopic (exact) mass is 322 g/mol. The van der Waals surface area contributed by atoms with E-state index in [1.807, 2.05) is 0 Å². The first-order valence-electron chi connectivity index (χ1n) is 7.79. The lowest BCUT2D eigenvalue weighted by molar-refractivity contribution is 0.238. The van der Waals surface area contributed by atoms with Gasteiger partial charge in [-0.25, -0.2) is 4.39 Å². The summed E-state index contributed by atoms with van der Waals surface area (Å²) >= 11 is 0. The topological polar surface area (TPSA) is 29.5 Å². The Balaban J connectivity index is 3.23. The maximum atomic E-state index is 14.4. The number of halogens is 1. The minimum atomic E-state index is -2.20. The van der Waals surface area contributed by atoms with Crippen molar-refractivity contribution >= 4 is 8.32 Å². The second-order valence-electron chi connectivity index (χ2n) is 6.68. The molecule has 1 unspecified atom stereocenters. The number of aliphatic hydroxyl groups excluding tert-OH is 1. The van der Waals surface area contributed by atoms with Crippen LogP contribution in [0.2, 0.25) is 16.6 Å². The summed E-state index contributed by atoms with van der Waals surface area (Å²) in [4.78, 5) is 0. The SMILES string of the molecule is C#CC(O)c1ccc(O[Si](C(C)C)(C(C)C)C(C)C)c(F)c1. The van der Waals surface area contributed by atoms with E-state index < -0.39 is 20.2 Å². The Labute approximate surface area is 134 Å². The van der Waals surface area contributed by atoms with Crippen LogP contribution in [0.3, 0.4) is 0 Å². The quantitative estimate of drug-likeness (QED) is 0.587. The van der Waals surface area contributed by atoms with Crippen LogP contribution in [-0.2, 0) is 0 Å². The Morgan fingerprint density at radius 2 is 1.59 bits per heavy atom. The summed E-state index contributed by atoms with van der Waals surface area (Å²) in [5.74, 6) is 1.98. The van der Waals surface area contributed by atoms with Crippen LogP contribution in [0.25, 0.3) is 0 Å². The van der Waals surface area contributed by atoms with Gasteiger partial charge in [0.2, 0.25) is 0 Å². The summed E-state index contributed by atoms with van der Waals surface area (Å²) < 4.78 is 20.7. The van der Waals surface area contributed by atoms with Gasteiger partial charge in [0, 0.05) is 0 Å². The Kier molecular flexibility index (Phi) is 6.22. The van der Waals surface area contributed by atoms with E-state index in [-0.39, 0.29) is 5.75 Å². The van der Waals surface area contributed by atoms with Gasteiger partial charge >= 0.3 is 0 Å². The van der Waals surface area contributed by atoms with Crippen molar-refractivity contribution in [3.05, 3.63) is 29.6 Å². The van der Waals surface area contributed by atoms with Gasteiger partial charge in [0.15, 0.2) is 5.82 Å². The van der Waals surface area contributed by atoms with Crippen LogP contribution < -0.4 is 4.43 Å². The molecule has 0 aliphatic carbocycles. The molecule has 0 aromatic heterocycles. The lowest BCUT2D eigenvalue weighted by Crippen LogP contribution is -2.50. The summed E-state index contributed by atoms with van der Waals surface area (Å²) in [7, 11) is -2.20. The predicted molar refractivity (Wildman–Crippen MR) is 91.9 cm³/mol. The largest absolute Gasteiger partial charge is 0.541 e. The van der Waals surface area contributed by atoms with Gasteiger partial charge in [0.05, 0.1) is 0 Å². The molecule has 0 fully saturated rings. The predicted octanol–water partition coefficient (Wildman–Crippen LogP) is 5.05. The normalized spacial score (nSPS) is 13.5. The van der Waals surface area contributed by atoms with Gasteiger partial charge in [-0.1, -0.05) is 53.5 Å². The van der Waals surface area contributed by atoms with E-state index in [1.54, 1.807) is 12.1 Å². The number of rotatable bonds is 6. The molecule has 122 valence electrons. The van der Waals surface area contributed by atoms with Crippen molar-refractivity contribution in [2.75, 3.05) is 0 Å². The van der Waals surface area contributed by atoms with Crippen molar-refractivity contribution in [3.63, 3.8) is 0 Å². The van der Waals surface area contributed by atoms with Crippen molar-refractivity contribution in [1.29, 1.82) is 0 Å². The summed E-state index contributed by atoms with van der Waals surface area (Å²) in [6, 6.07) is 4.48. The van der Waals surface area contributed by atoms with Gasteiger partial charge in [-0.2, -0.15) is 0 Å². The zero-order valence-corrected chi connectivity index (χ0v) is 15.4. The molecule has 0 heterocycles. The third-order valence-corrected chi connectivity index (χ3v) is 10.4. The lowest BCUT2D eigenvalue weighted by Gasteiger charge is -2.42. The fourth-order valence-corrected chi connectivity index (χ4v) is 8.66. The average Bonchev–Trinajstić information content (AvgIpc) is 2.43. The first-order valence-corrected chi connectivity index (χ1v) is 9.93. The number of hydrogen-bond donors (Lipinski definition) is 1. The fourth-order valence-electron chi connectivity index (χ4n) is 3.41. The summed E-state index contributed by atoms with van der Waals surface area (Å²) in [6.45, 7) is 12.9. The van der Waals surface area contributed by atoms with E-state index in [1.165, 1.54) is 6.07 Å². The van der Waals surface area contributed by atoms with E-state index in [2.05, 4.69) is 47.5 Å². The highest BCUT2D eigenvalue weighted by Crippen LogP contribution is 2.43. The van der Waals surface area contributed by atoms with Gasteiger partial charge in [-0.05, 0) is 34.3 Å². The molecule has 0 saturated heterocycles. The molecule has 1 rings (SSSR count). The van der Waals surface area contributed by atoms with Crippen molar-refractivity contribution in [3.8, 4) is 18.1 Å². The fraction of sp³-hybridized carbons (Fsp3) is 0.556. The molecule has 0 spiro atoms. The van der Waals surface area contributed by atoms with E-state index >= 15 is 0 Å². The molecular formula is C18H27FO2Si. The van der Waals surface area contributed by atoms with Crippen LogP contribution in [0, 0.1) is 18.2 Å². The van der Waals surface area contributed by atoms with Gasteiger partial charge in [0.25, 0.3) is 8.32 Å². The van der Waals surface area contributed by atoms with Crippen LogP contribution >= 0.6 is 0 Å². The number of terminal acetylenes is 1. The van der Waals surface area contributed by atoms with Crippen molar-refractivity contribution in [2.24, 2.45) is 0 Å². The third-order valence-electron chi connectivity index (χ3n) is 4.42. The zero-order chi connectivity index (χ0) is 17.1. The first kappa shape index (κ1) is 18.7. The molecule has 0 aliphatic heterocycles. The highest BCUT2D eigenvalue weighted by molar-refractivity contribution is 6.78. The Morgan fingerprint density at radius 3 is 1.95 bits per heavy atom. The minimum Gasteiger partial charge on any atom is -0.541 e. The molecule has 1 aromatic rings. The van der Waals surface area contributed by atoms with Crippen molar-refractivity contribution in [2.45, 2.75) is 64.3 Å². The van der Waals surface area contributed by atoms with Crippen molar-refractivity contribution < 1.29 is 13.9 Å². The molecule has 4 heteroatoms. The molecule has 0 saturated carbocycles. The summed E-state index contributed by atoms with van der Waals surface area (Å²) in [6.07, 6.45) is 4.07. The van der Waals surface area contributed by atoms with Crippen LogP contribution in [0.4, 0.5) is 4.39 Å². The lowest BCUT2D eigenvalue weighted by atomic mass is 10.1. The molecule has 0 radical (unpaired) electrons. The smallest absolute Gasteiger partial charge is 0.258 e. The molecule has 1 aromatic carbocycles. The van der Waals surface area contributed by atoms with Gasteiger partial charge in [0.1, 0.15) is 11.9 Å². The molecule has 0 bridgehead atoms. The molecule has 1 atom stereocenters. The number of aliphatic hydroxyl groups is 1. The van der Waals surface area contributed by atoms with Crippen LogP contribution in [0.1, 0.15) is 53.2 Å². The van der Waals surface area contributed by atoms with Crippen molar-refractivity contribution in [1.82, 2.24) is 0 Å². The molecule has 0 amide bonds. The second kappa shape index (κ2) is 7.30. The third kappa shape index (κ3) is 3.53. The highest BCUT2D eigenvalue weighted by atomic mass is 28.4. The molecule has 22 heavy (non-hydrogen) atoms. The molecule has 2 nitrogen and oxygen atoms in total. The number of hydrogen-bond acceptors (Lipinski definition) is 2. The summed E-state index contributed by atoms with van der Waals surface area (Å²) in [5.41, 5.74) is 1.46. The van der Waals surface area contributed by atoms with E-state index in [0.29, 0.717) is 22.2 Å². The molecule has 1 N–H and O–H groups in total. The maximum Gasteiger partial charge on any atom is 0.258 e. The zero-order valence-electron chi connectivity index (χ0n) is 14.4. The van der Waals surface area contributed by atoms with Crippen LogP contribution in [-0.4, -0.2) is 13.4 Å². The van der Waals surface area contributed by atoms with E-state index in [4.69, 9.17) is 10.8 Å². The second-order valence-corrected chi connectivity index (χ2v) is 12.1. The van der Waals surface area contributed by atoms with E-state index in [0.717, 1.165) is 0 Å². The minimum absolute atomic E-state index is 0.260. The van der Waals surface area contributed by atoms with Gasteiger partial charge in [-0.15, -0.1) is 6.42 Å². The van der Waals surface area contributed by atoms with Gasteiger partial charge < -0.3 is 9.53 Å². The average molecular weight is 322 g/mol. The Bertz CT molecular complexity index is 525. The number of benzene rings is 1. The van der Waals surface area contributed by atoms with Crippen LogP contribution in [0.15, 0.2) is 18.2 Å². The molecular weight excluding hydrogens is 295 g/mol. The van der Waals surface area contributed by atoms with Crippen LogP contribution in [0.5, 0.6) is 5.75 Å². The van der Waals surface area contributed by atoms with Gasteiger partial charge in [-0.3, -0.25) is 0 Å². The standard InChI is InChI=1S/C18H27FO2Si/c1-8-17(20)15-9-10-18(16(19)11-15)21-22(12(2)3,13(4)5)14(6)7/h1,9-14,17,20H,2-7H3. The Hall–Kier alpha value is -1.31. The first-order chi connectivity index (χ1) is 10.2.